The zero-order valence-electron chi connectivity index (χ0n) is 19.9. The van der Waals surface area contributed by atoms with E-state index in [1.807, 2.05) is 24.3 Å². The molecular weight excluding hydrogens is 566 g/mol. The Morgan fingerprint density at radius 1 is 1.37 bits per heavy atom. The van der Waals surface area contributed by atoms with Gasteiger partial charge in [-0.1, -0.05) is 29.1 Å². The van der Waals surface area contributed by atoms with Crippen molar-refractivity contribution in [3.05, 3.63) is 45.9 Å². The number of carboxylic acids is 1. The number of alkyl halides is 1. The SMILES string of the molecule is Nc1nc(/C(=N\OCCF)C([O-])=N[C@@H]2C(=O)N3C(C(=O)O)=C(Sc4nc5ccccc5s4)CC[C@H]23)cs1.[Na+]. The summed E-state index contributed by atoms with van der Waals surface area (Å²) in [6.45, 7) is -1.20. The van der Waals surface area contributed by atoms with Gasteiger partial charge in [0.25, 0.3) is 5.91 Å². The molecule has 11 nitrogen and oxygen atoms in total. The van der Waals surface area contributed by atoms with Gasteiger partial charge in [-0.3, -0.25) is 14.7 Å². The Hall–Kier alpha value is -2.56. The van der Waals surface area contributed by atoms with E-state index in [1.54, 1.807) is 0 Å². The van der Waals surface area contributed by atoms with Gasteiger partial charge in [-0.25, -0.2) is 19.2 Å². The maximum atomic E-state index is 13.0. The van der Waals surface area contributed by atoms with E-state index in [9.17, 15) is 24.2 Å². The molecule has 0 saturated carbocycles. The molecule has 2 aliphatic rings. The van der Waals surface area contributed by atoms with Gasteiger partial charge in [-0.2, -0.15) is 0 Å². The van der Waals surface area contributed by atoms with Crippen LogP contribution >= 0.6 is 34.4 Å². The number of thioether (sulfide) groups is 1. The van der Waals surface area contributed by atoms with Crippen molar-refractivity contribution >= 4 is 73.3 Å². The summed E-state index contributed by atoms with van der Waals surface area (Å²) in [5.74, 6) is -2.75. The van der Waals surface area contributed by atoms with Crippen LogP contribution < -0.4 is 40.4 Å². The van der Waals surface area contributed by atoms with Crippen LogP contribution in [-0.2, 0) is 14.4 Å². The van der Waals surface area contributed by atoms with Crippen LogP contribution in [0.3, 0.4) is 0 Å². The Balaban J connectivity index is 0.00000336. The Kier molecular flexibility index (Phi) is 9.05. The topological polar surface area (TPSA) is 166 Å². The summed E-state index contributed by atoms with van der Waals surface area (Å²) in [7, 11) is 0. The number of nitrogens with zero attached hydrogens (tertiary/aromatic N) is 5. The van der Waals surface area contributed by atoms with Gasteiger partial charge in [-0.05, 0) is 25.0 Å². The monoisotopic (exact) mass is 584 g/mol. The third kappa shape index (κ3) is 5.58. The van der Waals surface area contributed by atoms with Crippen molar-refractivity contribution in [1.82, 2.24) is 14.9 Å². The van der Waals surface area contributed by atoms with Gasteiger partial charge in [0.05, 0.1) is 16.3 Å². The second kappa shape index (κ2) is 12.1. The molecule has 3 aromatic rings. The number of anilines is 1. The van der Waals surface area contributed by atoms with Crippen LogP contribution in [0.15, 0.2) is 54.7 Å². The van der Waals surface area contributed by atoms with E-state index < -0.39 is 36.5 Å². The molecule has 0 radical (unpaired) electrons. The van der Waals surface area contributed by atoms with Crippen LogP contribution in [0.4, 0.5) is 9.52 Å². The number of aromatic nitrogens is 2. The van der Waals surface area contributed by atoms with Crippen molar-refractivity contribution in [3.63, 3.8) is 0 Å². The number of aliphatic carboxylic acids is 1. The number of rotatable bonds is 9. The number of fused-ring (bicyclic) bond motifs is 2. The molecule has 1 amide bonds. The summed E-state index contributed by atoms with van der Waals surface area (Å²) < 4.78 is 14.1. The fourth-order valence-electron chi connectivity index (χ4n) is 4.01. The fourth-order valence-corrected chi connectivity index (χ4v) is 6.85. The number of hydrogen-bond donors (Lipinski definition) is 2. The molecule has 2 aliphatic heterocycles. The number of amides is 1. The number of nitrogen functional groups attached to an aromatic ring is 1. The van der Waals surface area contributed by atoms with E-state index in [0.717, 1.165) is 21.6 Å². The second-order valence-electron chi connectivity index (χ2n) is 7.85. The smallest absolute Gasteiger partial charge is 0.857 e. The molecule has 2 aromatic heterocycles. The number of β-lactam (4-membered cyclic amide) rings is 1. The summed E-state index contributed by atoms with van der Waals surface area (Å²) in [6, 6.07) is 5.90. The number of nitrogens with two attached hydrogens (primary N) is 1. The van der Waals surface area contributed by atoms with Crippen LogP contribution in [-0.4, -0.2) is 68.8 Å². The molecule has 0 aliphatic carbocycles. The van der Waals surface area contributed by atoms with Crippen molar-refractivity contribution in [3.8, 4) is 0 Å². The second-order valence-corrected chi connectivity index (χ2v) is 11.1. The van der Waals surface area contributed by atoms with E-state index >= 15 is 0 Å². The summed E-state index contributed by atoms with van der Waals surface area (Å²) >= 11 is 3.73. The molecule has 4 heterocycles. The first kappa shape index (κ1) is 28.4. The number of hydrogen-bond acceptors (Lipinski definition) is 12. The zero-order chi connectivity index (χ0) is 26.1. The van der Waals surface area contributed by atoms with Crippen LogP contribution in [0.5, 0.6) is 0 Å². The molecule has 5 rings (SSSR count). The minimum atomic E-state index is -1.24. The third-order valence-electron chi connectivity index (χ3n) is 5.59. The van der Waals surface area contributed by atoms with E-state index in [2.05, 4.69) is 20.1 Å². The molecule has 0 bridgehead atoms. The first-order valence-electron chi connectivity index (χ1n) is 10.9. The number of carboxylic acid groups (broad SMARTS) is 1. The average Bonchev–Trinajstić information content (AvgIpc) is 3.50. The summed E-state index contributed by atoms with van der Waals surface area (Å²) in [4.78, 5) is 44.2. The number of carbonyl (C=O) groups excluding carboxylic acids is 1. The van der Waals surface area contributed by atoms with Gasteiger partial charge in [0.2, 0.25) is 0 Å². The van der Waals surface area contributed by atoms with E-state index in [4.69, 9.17) is 10.6 Å². The third-order valence-corrected chi connectivity index (χ3v) is 8.51. The predicted octanol–water partition coefficient (Wildman–Crippen LogP) is -0.750. The van der Waals surface area contributed by atoms with Gasteiger partial charge in [0, 0.05) is 16.2 Å². The van der Waals surface area contributed by atoms with Crippen molar-refractivity contribution < 1.29 is 58.6 Å². The van der Waals surface area contributed by atoms with Gasteiger partial charge in [-0.15, -0.1) is 22.7 Å². The quantitative estimate of drug-likeness (QED) is 0.0822. The molecule has 1 fully saturated rings. The van der Waals surface area contributed by atoms with Gasteiger partial charge >= 0.3 is 35.5 Å². The Labute approximate surface area is 249 Å². The number of carbonyl (C=O) groups is 2. The van der Waals surface area contributed by atoms with Crippen LogP contribution in [0, 0.1) is 0 Å². The van der Waals surface area contributed by atoms with Crippen molar-refractivity contribution in [1.29, 1.82) is 0 Å². The number of allylic oxidation sites excluding steroid dienone is 1. The Morgan fingerprint density at radius 2 is 2.16 bits per heavy atom. The minimum Gasteiger partial charge on any atom is -0.857 e. The largest absolute Gasteiger partial charge is 1.00 e. The first-order chi connectivity index (χ1) is 17.9. The molecule has 2 atom stereocenters. The maximum absolute atomic E-state index is 13.0. The molecule has 1 aromatic carbocycles. The first-order valence-corrected chi connectivity index (χ1v) is 13.4. The van der Waals surface area contributed by atoms with E-state index in [0.29, 0.717) is 22.1 Å². The molecule has 3 N–H and O–H groups in total. The van der Waals surface area contributed by atoms with Gasteiger partial charge in [0.1, 0.15) is 36.4 Å². The van der Waals surface area contributed by atoms with Crippen LogP contribution in [0.1, 0.15) is 18.5 Å². The fraction of sp³-hybridized carbons (Fsp3) is 0.273. The van der Waals surface area contributed by atoms with Crippen LogP contribution in [0.2, 0.25) is 0 Å². The number of oxime groups is 1. The number of halogens is 1. The molecule has 38 heavy (non-hydrogen) atoms. The number of benzene rings is 1. The standard InChI is InChI=1S/C22H19FN6O5S3.Na/c23-7-8-34-28-15(11-9-35-21(24)25-11)18(30)27-16-12-5-6-14(17(20(32)33)29(12)19(16)31)37-22-26-10-3-1-2-4-13(10)36-22;/h1-4,9,12,16H,5-8H2,(H2,24,25)(H,27,30)(H,32,33);/q;+1/p-1/b28-15+;/t12-,16+;/m1./s1. The number of thiazole rings is 2. The Bertz CT molecular complexity index is 1440. The van der Waals surface area contributed by atoms with Gasteiger partial charge in [0.15, 0.2) is 9.47 Å². The van der Waals surface area contributed by atoms with Crippen LogP contribution in [0.25, 0.3) is 10.2 Å². The van der Waals surface area contributed by atoms with E-state index in [1.165, 1.54) is 33.4 Å². The van der Waals surface area contributed by atoms with Gasteiger partial charge < -0.3 is 20.8 Å². The minimum absolute atomic E-state index is 0. The normalized spacial score (nSPS) is 19.7. The molecule has 16 heteroatoms. The number of para-hydroxylation sites is 1. The summed E-state index contributed by atoms with van der Waals surface area (Å²) in [5.41, 5.74) is 6.09. The molecule has 0 spiro atoms. The molecular formula is C22H18FN6NaO5S3. The maximum Gasteiger partial charge on any atom is 1.00 e. The molecule has 0 unspecified atom stereocenters. The van der Waals surface area contributed by atoms with Crippen molar-refractivity contribution in [2.45, 2.75) is 29.3 Å². The molecule has 1 saturated heterocycles. The van der Waals surface area contributed by atoms with Crippen molar-refractivity contribution in [2.24, 2.45) is 10.1 Å². The predicted molar refractivity (Wildman–Crippen MR) is 136 cm³/mol. The average molecular weight is 585 g/mol. The number of aliphatic imine (C=N–C) groups is 1. The zero-order valence-corrected chi connectivity index (χ0v) is 24.3. The Morgan fingerprint density at radius 3 is 2.84 bits per heavy atom. The van der Waals surface area contributed by atoms with Crippen molar-refractivity contribution in [2.75, 3.05) is 19.0 Å². The molecule has 192 valence electrons. The summed E-state index contributed by atoms with van der Waals surface area (Å²) in [6.07, 6.45) is 0.783. The van der Waals surface area contributed by atoms with E-state index in [-0.39, 0.29) is 58.4 Å². The summed E-state index contributed by atoms with van der Waals surface area (Å²) in [5, 5.41) is 28.1.